The molecule has 3 rings (SSSR count). The van der Waals surface area contributed by atoms with E-state index < -0.39 is 4.92 Å². The lowest BCUT2D eigenvalue weighted by atomic mass is 10.1. The van der Waals surface area contributed by atoms with Crippen LogP contribution in [-0.2, 0) is 0 Å². The van der Waals surface area contributed by atoms with Gasteiger partial charge < -0.3 is 4.52 Å². The summed E-state index contributed by atoms with van der Waals surface area (Å²) in [6.45, 7) is 3.68. The molecule has 6 nitrogen and oxygen atoms in total. The summed E-state index contributed by atoms with van der Waals surface area (Å²) in [7, 11) is 0. The quantitative estimate of drug-likeness (QED) is 0.540. The molecule has 0 radical (unpaired) electrons. The topological polar surface area (TPSA) is 82.1 Å². The van der Waals surface area contributed by atoms with E-state index in [-0.39, 0.29) is 11.6 Å². The normalized spacial score (nSPS) is 10.6. The van der Waals surface area contributed by atoms with E-state index in [0.29, 0.717) is 17.0 Å². The number of aryl methyl sites for hydroxylation is 2. The standard InChI is InChI=1S/C16H13N3O3/c1-10-3-6-12(7-4-10)15-17-16(22-18-15)13-8-5-11(2)14(9-13)19(20)21/h3-9H,1-2H3. The highest BCUT2D eigenvalue weighted by Crippen LogP contribution is 2.27. The Morgan fingerprint density at radius 3 is 2.41 bits per heavy atom. The van der Waals surface area contributed by atoms with Gasteiger partial charge in [-0.1, -0.05) is 41.1 Å². The number of hydrogen-bond donors (Lipinski definition) is 0. The van der Waals surface area contributed by atoms with Gasteiger partial charge in [-0.15, -0.1) is 0 Å². The summed E-state index contributed by atoms with van der Waals surface area (Å²) in [6.07, 6.45) is 0. The molecule has 0 amide bonds. The second-order valence-corrected chi connectivity index (χ2v) is 5.05. The highest BCUT2D eigenvalue weighted by Gasteiger charge is 2.16. The van der Waals surface area contributed by atoms with Gasteiger partial charge in [0, 0.05) is 22.8 Å². The Hall–Kier alpha value is -3.02. The molecule has 0 aliphatic carbocycles. The maximum absolute atomic E-state index is 11.0. The largest absolute Gasteiger partial charge is 0.334 e. The van der Waals surface area contributed by atoms with Gasteiger partial charge in [-0.25, -0.2) is 0 Å². The highest BCUT2D eigenvalue weighted by molar-refractivity contribution is 5.63. The van der Waals surface area contributed by atoms with Crippen molar-refractivity contribution in [2.45, 2.75) is 13.8 Å². The monoisotopic (exact) mass is 295 g/mol. The summed E-state index contributed by atoms with van der Waals surface area (Å²) in [5.74, 6) is 0.719. The van der Waals surface area contributed by atoms with Crippen molar-refractivity contribution in [1.29, 1.82) is 0 Å². The third-order valence-electron chi connectivity index (χ3n) is 3.39. The van der Waals surface area contributed by atoms with Crippen LogP contribution in [0.25, 0.3) is 22.8 Å². The SMILES string of the molecule is Cc1ccc(-c2noc(-c3ccc(C)c([N+](=O)[O-])c3)n2)cc1. The Morgan fingerprint density at radius 2 is 1.73 bits per heavy atom. The van der Waals surface area contributed by atoms with Crippen molar-refractivity contribution in [2.75, 3.05) is 0 Å². The third kappa shape index (κ3) is 2.58. The van der Waals surface area contributed by atoms with Gasteiger partial charge in [0.1, 0.15) is 0 Å². The number of nitrogens with zero attached hydrogens (tertiary/aromatic N) is 3. The van der Waals surface area contributed by atoms with Gasteiger partial charge in [-0.2, -0.15) is 4.98 Å². The first-order valence-electron chi connectivity index (χ1n) is 6.71. The molecule has 0 fully saturated rings. The number of nitro groups is 1. The fourth-order valence-corrected chi connectivity index (χ4v) is 2.10. The molecule has 0 saturated carbocycles. The maximum atomic E-state index is 11.0. The smallest absolute Gasteiger partial charge is 0.273 e. The molecule has 1 heterocycles. The van der Waals surface area contributed by atoms with Gasteiger partial charge in [0.2, 0.25) is 5.82 Å². The van der Waals surface area contributed by atoms with Crippen molar-refractivity contribution in [2.24, 2.45) is 0 Å². The average Bonchev–Trinajstić information content (AvgIpc) is 2.98. The lowest BCUT2D eigenvalue weighted by molar-refractivity contribution is -0.385. The molecule has 22 heavy (non-hydrogen) atoms. The number of nitro benzene ring substituents is 1. The minimum atomic E-state index is -0.421. The molecule has 0 N–H and O–H groups in total. The number of hydrogen-bond acceptors (Lipinski definition) is 5. The molecule has 0 atom stereocenters. The van der Waals surface area contributed by atoms with Crippen LogP contribution < -0.4 is 0 Å². The minimum absolute atomic E-state index is 0.0348. The van der Waals surface area contributed by atoms with Crippen LogP contribution in [0.5, 0.6) is 0 Å². The number of rotatable bonds is 3. The fraction of sp³-hybridized carbons (Fsp3) is 0.125. The van der Waals surface area contributed by atoms with Crippen molar-refractivity contribution in [1.82, 2.24) is 10.1 Å². The van der Waals surface area contributed by atoms with E-state index in [1.165, 1.54) is 6.07 Å². The van der Waals surface area contributed by atoms with Crippen LogP contribution in [0.2, 0.25) is 0 Å². The first-order valence-corrected chi connectivity index (χ1v) is 6.71. The van der Waals surface area contributed by atoms with E-state index in [1.807, 2.05) is 31.2 Å². The van der Waals surface area contributed by atoms with Crippen molar-refractivity contribution in [3.63, 3.8) is 0 Å². The second kappa shape index (κ2) is 5.40. The summed E-state index contributed by atoms with van der Waals surface area (Å²) >= 11 is 0. The van der Waals surface area contributed by atoms with Crippen LogP contribution in [0.15, 0.2) is 47.0 Å². The van der Waals surface area contributed by atoms with E-state index in [9.17, 15) is 10.1 Å². The van der Waals surface area contributed by atoms with Gasteiger partial charge in [-0.3, -0.25) is 10.1 Å². The second-order valence-electron chi connectivity index (χ2n) is 5.05. The van der Waals surface area contributed by atoms with Crippen LogP contribution in [0.3, 0.4) is 0 Å². The zero-order chi connectivity index (χ0) is 15.7. The molecule has 3 aromatic rings. The zero-order valence-electron chi connectivity index (χ0n) is 12.1. The molecule has 0 aliphatic rings. The lowest BCUT2D eigenvalue weighted by Gasteiger charge is -1.98. The lowest BCUT2D eigenvalue weighted by Crippen LogP contribution is -1.92. The Balaban J connectivity index is 1.99. The van der Waals surface area contributed by atoms with Crippen molar-refractivity contribution < 1.29 is 9.45 Å². The van der Waals surface area contributed by atoms with Gasteiger partial charge in [0.15, 0.2) is 0 Å². The van der Waals surface area contributed by atoms with Crippen LogP contribution in [0, 0.1) is 24.0 Å². The van der Waals surface area contributed by atoms with Crippen molar-refractivity contribution in [3.8, 4) is 22.8 Å². The van der Waals surface area contributed by atoms with E-state index in [4.69, 9.17) is 4.52 Å². The van der Waals surface area contributed by atoms with Gasteiger partial charge in [-0.05, 0) is 19.9 Å². The van der Waals surface area contributed by atoms with Crippen LogP contribution in [-0.4, -0.2) is 15.1 Å². The molecule has 6 heteroatoms. The Morgan fingerprint density at radius 1 is 1.05 bits per heavy atom. The summed E-state index contributed by atoms with van der Waals surface area (Å²) in [5.41, 5.74) is 3.13. The summed E-state index contributed by atoms with van der Waals surface area (Å²) in [4.78, 5) is 14.9. The predicted octanol–water partition coefficient (Wildman–Crippen LogP) is 3.93. The molecule has 0 aliphatic heterocycles. The molecule has 0 bridgehead atoms. The molecule has 0 spiro atoms. The molecule has 0 unspecified atom stereocenters. The molecule has 0 saturated heterocycles. The Kier molecular flexibility index (Phi) is 3.42. The summed E-state index contributed by atoms with van der Waals surface area (Å²) in [6, 6.07) is 12.6. The molecule has 1 aromatic heterocycles. The number of aromatic nitrogens is 2. The zero-order valence-corrected chi connectivity index (χ0v) is 12.1. The van der Waals surface area contributed by atoms with Crippen LogP contribution in [0.1, 0.15) is 11.1 Å². The van der Waals surface area contributed by atoms with E-state index in [2.05, 4.69) is 10.1 Å². The minimum Gasteiger partial charge on any atom is -0.334 e. The van der Waals surface area contributed by atoms with Gasteiger partial charge in [0.25, 0.3) is 11.6 Å². The molecule has 2 aromatic carbocycles. The highest BCUT2D eigenvalue weighted by atomic mass is 16.6. The molecule has 110 valence electrons. The molecular formula is C16H13N3O3. The van der Waals surface area contributed by atoms with Crippen LogP contribution in [0.4, 0.5) is 5.69 Å². The summed E-state index contributed by atoms with van der Waals surface area (Å²) < 4.78 is 5.23. The first kappa shape index (κ1) is 13.9. The van der Waals surface area contributed by atoms with Gasteiger partial charge >= 0.3 is 0 Å². The van der Waals surface area contributed by atoms with E-state index in [1.54, 1.807) is 19.1 Å². The Labute approximate surface area is 126 Å². The van der Waals surface area contributed by atoms with Crippen molar-refractivity contribution in [3.05, 3.63) is 63.7 Å². The van der Waals surface area contributed by atoms with E-state index in [0.717, 1.165) is 11.1 Å². The molecular weight excluding hydrogens is 282 g/mol. The maximum Gasteiger partial charge on any atom is 0.273 e. The fourth-order valence-electron chi connectivity index (χ4n) is 2.10. The van der Waals surface area contributed by atoms with Gasteiger partial charge in [0.05, 0.1) is 4.92 Å². The van der Waals surface area contributed by atoms with Crippen LogP contribution >= 0.6 is 0 Å². The number of benzene rings is 2. The average molecular weight is 295 g/mol. The van der Waals surface area contributed by atoms with E-state index >= 15 is 0 Å². The van der Waals surface area contributed by atoms with Crippen molar-refractivity contribution >= 4 is 5.69 Å². The Bertz CT molecular complexity index is 838. The predicted molar refractivity (Wildman–Crippen MR) is 81.3 cm³/mol. The summed E-state index contributed by atoms with van der Waals surface area (Å²) in [5, 5.41) is 14.9. The third-order valence-corrected chi connectivity index (χ3v) is 3.39. The first-order chi connectivity index (χ1) is 10.5.